The Morgan fingerprint density at radius 2 is 1.71 bits per heavy atom. The van der Waals surface area contributed by atoms with Crippen molar-refractivity contribution in [3.05, 3.63) is 124 Å². The lowest BCUT2D eigenvalue weighted by molar-refractivity contribution is -0.0308. The van der Waals surface area contributed by atoms with Crippen molar-refractivity contribution in [3.8, 4) is 5.75 Å². The van der Waals surface area contributed by atoms with Crippen molar-refractivity contribution in [1.82, 2.24) is 0 Å². The first-order valence-electron chi connectivity index (χ1n) is 11.6. The number of ether oxygens (including phenoxy) is 1. The fourth-order valence-corrected chi connectivity index (χ4v) is 5.36. The number of halogens is 1. The molecule has 35 heavy (non-hydrogen) atoms. The Kier molecular flexibility index (Phi) is 5.46. The van der Waals surface area contributed by atoms with Gasteiger partial charge in [0.1, 0.15) is 5.75 Å². The summed E-state index contributed by atoms with van der Waals surface area (Å²) in [6.45, 7) is 0. The Bertz CT molecular complexity index is 1390. The van der Waals surface area contributed by atoms with Gasteiger partial charge >= 0.3 is 0 Å². The molecule has 4 aromatic rings. The van der Waals surface area contributed by atoms with Crippen LogP contribution in [0.1, 0.15) is 29.2 Å². The van der Waals surface area contributed by atoms with Gasteiger partial charge in [-0.1, -0.05) is 87.8 Å². The molecule has 2 atom stereocenters. The first-order chi connectivity index (χ1) is 17.2. The molecular formula is C29H24BrN3O2. The second kappa shape index (κ2) is 8.78. The Morgan fingerprint density at radius 1 is 0.943 bits per heavy atom. The van der Waals surface area contributed by atoms with Gasteiger partial charge in [-0.25, -0.2) is 0 Å². The van der Waals surface area contributed by atoms with E-state index in [4.69, 9.17) is 14.7 Å². The average Bonchev–Trinajstić information content (AvgIpc) is 3.22. The van der Waals surface area contributed by atoms with Crippen LogP contribution in [0.3, 0.4) is 0 Å². The number of oxime groups is 1. The molecule has 0 spiro atoms. The normalized spacial score (nSPS) is 20.6. The molecule has 0 saturated heterocycles. The lowest BCUT2D eigenvalue weighted by atomic mass is 9.90. The molecule has 0 aliphatic carbocycles. The van der Waals surface area contributed by atoms with Crippen molar-refractivity contribution in [2.24, 2.45) is 5.16 Å². The number of nitrogens with zero attached hydrogens (tertiary/aromatic N) is 2. The molecule has 6 rings (SSSR count). The maximum atomic E-state index is 6.50. The van der Waals surface area contributed by atoms with E-state index in [1.165, 1.54) is 0 Å². The largest absolute Gasteiger partial charge is 0.497 e. The van der Waals surface area contributed by atoms with Crippen LogP contribution in [0, 0.1) is 0 Å². The van der Waals surface area contributed by atoms with E-state index < -0.39 is 5.72 Å². The van der Waals surface area contributed by atoms with Crippen molar-refractivity contribution < 1.29 is 9.57 Å². The van der Waals surface area contributed by atoms with Crippen LogP contribution in [0.2, 0.25) is 0 Å². The highest BCUT2D eigenvalue weighted by Crippen LogP contribution is 2.51. The second-order valence-corrected chi connectivity index (χ2v) is 9.61. The van der Waals surface area contributed by atoms with Crippen molar-refractivity contribution in [2.75, 3.05) is 17.3 Å². The summed E-state index contributed by atoms with van der Waals surface area (Å²) < 4.78 is 6.39. The first-order valence-corrected chi connectivity index (χ1v) is 12.3. The maximum absolute atomic E-state index is 6.50. The molecule has 0 amide bonds. The van der Waals surface area contributed by atoms with Gasteiger partial charge in [-0.15, -0.1) is 0 Å². The number of para-hydroxylation sites is 2. The molecular weight excluding hydrogens is 502 g/mol. The number of fused-ring (bicyclic) bond motifs is 3. The van der Waals surface area contributed by atoms with E-state index in [1.54, 1.807) is 7.11 Å². The zero-order valence-electron chi connectivity index (χ0n) is 19.2. The van der Waals surface area contributed by atoms with Crippen molar-refractivity contribution in [1.29, 1.82) is 0 Å². The molecule has 0 unspecified atom stereocenters. The predicted molar refractivity (Wildman–Crippen MR) is 143 cm³/mol. The summed E-state index contributed by atoms with van der Waals surface area (Å²) in [4.78, 5) is 8.75. The molecule has 2 aliphatic heterocycles. The van der Waals surface area contributed by atoms with Gasteiger partial charge < -0.3 is 14.9 Å². The molecule has 0 aromatic heterocycles. The highest BCUT2D eigenvalue weighted by Gasteiger charge is 2.52. The topological polar surface area (TPSA) is 46.1 Å². The molecule has 0 radical (unpaired) electrons. The minimum Gasteiger partial charge on any atom is -0.497 e. The standard InChI is InChI=1S/C29H24BrN3O2/c1-34-24-16-14-20(15-17-24)26-19-29(22-9-3-2-4-10-22)33(27-13-6-5-12-25(27)31-26)28(32-35-29)21-8-7-11-23(30)18-21/h2-18,26,31H,19H2,1H3/t26-,29+/m0/s1. The number of methoxy groups -OCH3 is 1. The third-order valence-electron chi connectivity index (χ3n) is 6.64. The van der Waals surface area contributed by atoms with Gasteiger partial charge in [-0.2, -0.15) is 0 Å². The quantitative estimate of drug-likeness (QED) is 0.309. The summed E-state index contributed by atoms with van der Waals surface area (Å²) in [6.07, 6.45) is 0.638. The number of anilines is 2. The van der Waals surface area contributed by atoms with E-state index in [0.717, 1.165) is 44.1 Å². The number of amidine groups is 1. The number of hydrogen-bond acceptors (Lipinski definition) is 5. The van der Waals surface area contributed by atoms with Gasteiger partial charge in [0.05, 0.1) is 24.5 Å². The number of hydrogen-bond donors (Lipinski definition) is 1. The summed E-state index contributed by atoms with van der Waals surface area (Å²) in [5.74, 6) is 1.61. The lowest BCUT2D eigenvalue weighted by Crippen LogP contribution is -2.47. The summed E-state index contributed by atoms with van der Waals surface area (Å²) in [5, 5.41) is 8.50. The molecule has 5 nitrogen and oxygen atoms in total. The molecule has 6 heteroatoms. The van der Waals surface area contributed by atoms with E-state index >= 15 is 0 Å². The highest BCUT2D eigenvalue weighted by atomic mass is 79.9. The fourth-order valence-electron chi connectivity index (χ4n) is 4.96. The van der Waals surface area contributed by atoms with Crippen molar-refractivity contribution >= 4 is 33.1 Å². The molecule has 174 valence electrons. The maximum Gasteiger partial charge on any atom is 0.243 e. The van der Waals surface area contributed by atoms with Crippen LogP contribution in [0.25, 0.3) is 0 Å². The number of rotatable bonds is 4. The fraction of sp³-hybridized carbons (Fsp3) is 0.138. The number of nitrogens with one attached hydrogen (secondary N) is 1. The van der Waals surface area contributed by atoms with Crippen LogP contribution in [0.15, 0.2) is 113 Å². The van der Waals surface area contributed by atoms with Gasteiger partial charge in [0.2, 0.25) is 5.72 Å². The Labute approximate surface area is 213 Å². The second-order valence-electron chi connectivity index (χ2n) is 8.69. The van der Waals surface area contributed by atoms with E-state index in [0.29, 0.717) is 6.42 Å². The smallest absolute Gasteiger partial charge is 0.243 e. The van der Waals surface area contributed by atoms with Crippen LogP contribution in [0.4, 0.5) is 11.4 Å². The van der Waals surface area contributed by atoms with Crippen molar-refractivity contribution in [3.63, 3.8) is 0 Å². The van der Waals surface area contributed by atoms with Crippen LogP contribution in [-0.4, -0.2) is 12.9 Å². The highest BCUT2D eigenvalue weighted by molar-refractivity contribution is 9.10. The van der Waals surface area contributed by atoms with E-state index in [1.807, 2.05) is 30.3 Å². The summed E-state index contributed by atoms with van der Waals surface area (Å²) in [5.41, 5.74) is 4.39. The van der Waals surface area contributed by atoms with Gasteiger partial charge in [0.25, 0.3) is 0 Å². The zero-order chi connectivity index (χ0) is 23.8. The van der Waals surface area contributed by atoms with Crippen LogP contribution >= 0.6 is 15.9 Å². The van der Waals surface area contributed by atoms with Crippen LogP contribution < -0.4 is 15.0 Å². The van der Waals surface area contributed by atoms with E-state index in [-0.39, 0.29) is 6.04 Å². The third kappa shape index (κ3) is 3.74. The minimum atomic E-state index is -0.830. The van der Waals surface area contributed by atoms with Crippen LogP contribution in [0.5, 0.6) is 5.75 Å². The van der Waals surface area contributed by atoms with Gasteiger partial charge in [-0.3, -0.25) is 4.90 Å². The Balaban J connectivity index is 1.55. The molecule has 0 saturated carbocycles. The summed E-state index contributed by atoms with van der Waals surface area (Å²) in [7, 11) is 1.69. The Hall–Kier alpha value is -3.77. The van der Waals surface area contributed by atoms with E-state index in [9.17, 15) is 0 Å². The van der Waals surface area contributed by atoms with Gasteiger partial charge in [0.15, 0.2) is 5.84 Å². The van der Waals surface area contributed by atoms with E-state index in [2.05, 4.69) is 98.9 Å². The summed E-state index contributed by atoms with van der Waals surface area (Å²) >= 11 is 3.62. The van der Waals surface area contributed by atoms with Crippen molar-refractivity contribution in [2.45, 2.75) is 18.2 Å². The lowest BCUT2D eigenvalue weighted by Gasteiger charge is -2.37. The predicted octanol–water partition coefficient (Wildman–Crippen LogP) is 7.07. The molecule has 2 heterocycles. The van der Waals surface area contributed by atoms with Gasteiger partial charge in [0, 0.05) is 22.0 Å². The molecule has 4 aromatic carbocycles. The number of benzene rings is 4. The molecule has 1 N–H and O–H groups in total. The summed E-state index contributed by atoms with van der Waals surface area (Å²) in [6, 6.07) is 35.1. The van der Waals surface area contributed by atoms with Crippen LogP contribution in [-0.2, 0) is 10.6 Å². The zero-order valence-corrected chi connectivity index (χ0v) is 20.8. The SMILES string of the molecule is COc1ccc([C@@H]2C[C@]3(c4ccccc4)ON=C(c4cccc(Br)c4)N3c3ccccc3N2)cc1. The molecule has 0 bridgehead atoms. The average molecular weight is 526 g/mol. The van der Waals surface area contributed by atoms with Gasteiger partial charge in [-0.05, 0) is 42.0 Å². The first kappa shape index (κ1) is 21.7. The third-order valence-corrected chi connectivity index (χ3v) is 7.13. The molecule has 0 fully saturated rings. The Morgan fingerprint density at radius 3 is 2.49 bits per heavy atom. The minimum absolute atomic E-state index is 0.0238. The monoisotopic (exact) mass is 525 g/mol. The molecule has 2 aliphatic rings.